The van der Waals surface area contributed by atoms with Crippen molar-refractivity contribution >= 4 is 82.2 Å². The summed E-state index contributed by atoms with van der Waals surface area (Å²) in [6, 6.07) is 49.4. The second-order valence-electron chi connectivity index (χ2n) is 8.89. The van der Waals surface area contributed by atoms with Gasteiger partial charge in [-0.25, -0.2) is 0 Å². The summed E-state index contributed by atoms with van der Waals surface area (Å²) in [5.41, 5.74) is 0. The molecule has 0 nitrogen and oxygen atoms in total. The average Bonchev–Trinajstić information content (AvgIpc) is 2.90. The molecule has 0 unspecified atom stereocenters. The topological polar surface area (TPSA) is 0 Å². The summed E-state index contributed by atoms with van der Waals surface area (Å²) in [5.74, 6) is 0. The molecular weight excluding hydrogens is 572 g/mol. The maximum Gasteiger partial charge on any atom is 0.179 e. The highest BCUT2D eigenvalue weighted by molar-refractivity contribution is 9.10. The summed E-state index contributed by atoms with van der Waals surface area (Å²) >= 11 is 7.27. The van der Waals surface area contributed by atoms with Gasteiger partial charge in [-0.05, 0) is 66.6 Å². The molecule has 3 heteroatoms. The monoisotopic (exact) mass is 592 g/mol. The lowest BCUT2D eigenvalue weighted by Crippen LogP contribution is -2.74. The number of rotatable bonds is 4. The van der Waals surface area contributed by atoms with Crippen LogP contribution in [-0.4, -0.2) is 8.07 Å². The van der Waals surface area contributed by atoms with Crippen LogP contribution in [0.15, 0.2) is 142 Å². The molecule has 0 aliphatic heterocycles. The zero-order valence-electron chi connectivity index (χ0n) is 19.0. The van der Waals surface area contributed by atoms with Crippen LogP contribution in [0.5, 0.6) is 0 Å². The Balaban J connectivity index is 1.73. The first-order valence-electron chi connectivity index (χ1n) is 11.7. The van der Waals surface area contributed by atoms with Crippen LogP contribution >= 0.6 is 31.9 Å². The van der Waals surface area contributed by atoms with Crippen LogP contribution in [0.2, 0.25) is 0 Å². The minimum Gasteiger partial charge on any atom is -0.0623 e. The SMILES string of the molecule is Brc1ccc2cc([Si](c3ccccc3)(c3ccccc3)c3ccc4cc(Br)ccc4c3)ccc2c1. The Morgan fingerprint density at radius 3 is 1.14 bits per heavy atom. The number of hydrogen-bond acceptors (Lipinski definition) is 0. The molecule has 0 aliphatic carbocycles. The van der Waals surface area contributed by atoms with Crippen LogP contribution in [0.4, 0.5) is 0 Å². The fraction of sp³-hybridized carbons (Fsp3) is 0. The Kier molecular flexibility index (Phi) is 5.93. The van der Waals surface area contributed by atoms with E-state index in [4.69, 9.17) is 0 Å². The predicted octanol–water partition coefficient (Wildman–Crippen LogP) is 6.90. The van der Waals surface area contributed by atoms with E-state index in [1.165, 1.54) is 42.3 Å². The van der Waals surface area contributed by atoms with Gasteiger partial charge in [-0.3, -0.25) is 0 Å². The van der Waals surface area contributed by atoms with E-state index in [1.54, 1.807) is 0 Å². The summed E-state index contributed by atoms with van der Waals surface area (Å²) in [6.45, 7) is 0. The number of benzene rings is 6. The van der Waals surface area contributed by atoms with Crippen LogP contribution in [0.3, 0.4) is 0 Å². The number of fused-ring (bicyclic) bond motifs is 2. The second kappa shape index (κ2) is 9.23. The van der Waals surface area contributed by atoms with Gasteiger partial charge in [0.25, 0.3) is 0 Å². The Morgan fingerprint density at radius 1 is 0.343 bits per heavy atom. The van der Waals surface area contributed by atoms with Crippen molar-refractivity contribution in [2.24, 2.45) is 0 Å². The molecule has 0 amide bonds. The lowest BCUT2D eigenvalue weighted by Gasteiger charge is -2.35. The first-order valence-corrected chi connectivity index (χ1v) is 15.2. The van der Waals surface area contributed by atoms with Gasteiger partial charge in [0.05, 0.1) is 0 Å². The number of halogens is 2. The van der Waals surface area contributed by atoms with Crippen molar-refractivity contribution in [3.8, 4) is 0 Å². The first-order chi connectivity index (χ1) is 17.1. The van der Waals surface area contributed by atoms with Crippen LogP contribution in [0.1, 0.15) is 0 Å². The molecule has 0 aliphatic rings. The molecule has 0 N–H and O–H groups in total. The molecule has 168 valence electrons. The van der Waals surface area contributed by atoms with Gasteiger partial charge in [0.1, 0.15) is 0 Å². The van der Waals surface area contributed by atoms with Crippen LogP contribution in [0.25, 0.3) is 21.5 Å². The first kappa shape index (κ1) is 22.5. The van der Waals surface area contributed by atoms with Crippen LogP contribution in [-0.2, 0) is 0 Å². The molecule has 0 aromatic heterocycles. The molecule has 0 saturated heterocycles. The van der Waals surface area contributed by atoms with Crippen molar-refractivity contribution in [1.82, 2.24) is 0 Å². The molecule has 6 aromatic rings. The van der Waals surface area contributed by atoms with Crippen LogP contribution in [0, 0.1) is 0 Å². The molecule has 0 heterocycles. The summed E-state index contributed by atoms with van der Waals surface area (Å²) in [5, 5.41) is 10.6. The molecule has 6 aromatic carbocycles. The summed E-state index contributed by atoms with van der Waals surface area (Å²) in [4.78, 5) is 0. The van der Waals surface area contributed by atoms with E-state index in [0.717, 1.165) is 8.95 Å². The van der Waals surface area contributed by atoms with E-state index in [2.05, 4.69) is 165 Å². The van der Waals surface area contributed by atoms with Crippen molar-refractivity contribution in [2.45, 2.75) is 0 Å². The minimum atomic E-state index is -2.59. The van der Waals surface area contributed by atoms with Gasteiger partial charge in [0, 0.05) is 8.95 Å². The van der Waals surface area contributed by atoms with E-state index in [9.17, 15) is 0 Å². The molecule has 35 heavy (non-hydrogen) atoms. The van der Waals surface area contributed by atoms with Gasteiger partial charge in [-0.1, -0.05) is 141 Å². The minimum absolute atomic E-state index is 1.10. The van der Waals surface area contributed by atoms with E-state index in [-0.39, 0.29) is 0 Å². The molecule has 0 spiro atoms. The highest BCUT2D eigenvalue weighted by Gasteiger charge is 2.41. The fourth-order valence-electron chi connectivity index (χ4n) is 5.28. The molecule has 0 fully saturated rings. The fourth-order valence-corrected chi connectivity index (χ4v) is 10.8. The van der Waals surface area contributed by atoms with E-state index < -0.39 is 8.07 Å². The third-order valence-electron chi connectivity index (χ3n) is 6.88. The smallest absolute Gasteiger partial charge is 0.0623 e. The van der Waals surface area contributed by atoms with Gasteiger partial charge >= 0.3 is 0 Å². The van der Waals surface area contributed by atoms with Crippen LogP contribution < -0.4 is 20.7 Å². The zero-order chi connectivity index (χ0) is 23.8. The third kappa shape index (κ3) is 3.98. The van der Waals surface area contributed by atoms with Crippen molar-refractivity contribution in [3.05, 3.63) is 142 Å². The normalized spacial score (nSPS) is 11.7. The van der Waals surface area contributed by atoms with Gasteiger partial charge in [0.15, 0.2) is 8.07 Å². The maximum absolute atomic E-state index is 3.63. The zero-order valence-corrected chi connectivity index (χ0v) is 23.1. The summed E-state index contributed by atoms with van der Waals surface area (Å²) in [6.07, 6.45) is 0. The lowest BCUT2D eigenvalue weighted by molar-refractivity contribution is 1.67. The number of hydrogen-bond donors (Lipinski definition) is 0. The quantitative estimate of drug-likeness (QED) is 0.154. The molecule has 6 rings (SSSR count). The van der Waals surface area contributed by atoms with Crippen molar-refractivity contribution < 1.29 is 0 Å². The summed E-state index contributed by atoms with van der Waals surface area (Å²) in [7, 11) is -2.59. The standard InChI is InChI=1S/C32H22Br2Si/c33-27-15-11-25-21-31(17-13-23(25)19-27)35(29-7-3-1-4-8-29,30-9-5-2-6-10-30)32-18-14-24-20-28(34)16-12-26(24)22-32/h1-22H. The van der Waals surface area contributed by atoms with Gasteiger partial charge in [-0.2, -0.15) is 0 Å². The second-order valence-corrected chi connectivity index (χ2v) is 14.5. The average molecular weight is 594 g/mol. The van der Waals surface area contributed by atoms with E-state index in [1.807, 2.05) is 0 Å². The molecule has 0 atom stereocenters. The van der Waals surface area contributed by atoms with Gasteiger partial charge < -0.3 is 0 Å². The Bertz CT molecular complexity index is 1530. The van der Waals surface area contributed by atoms with Gasteiger partial charge in [0.2, 0.25) is 0 Å². The maximum atomic E-state index is 3.63. The third-order valence-corrected chi connectivity index (χ3v) is 12.6. The molecule has 0 radical (unpaired) electrons. The Hall–Kier alpha value is -2.98. The van der Waals surface area contributed by atoms with Gasteiger partial charge in [-0.15, -0.1) is 0 Å². The van der Waals surface area contributed by atoms with E-state index in [0.29, 0.717) is 0 Å². The Labute approximate surface area is 223 Å². The predicted molar refractivity (Wildman–Crippen MR) is 160 cm³/mol. The lowest BCUT2D eigenvalue weighted by atomic mass is 10.1. The Morgan fingerprint density at radius 2 is 0.714 bits per heavy atom. The highest BCUT2D eigenvalue weighted by atomic mass is 79.9. The van der Waals surface area contributed by atoms with Crippen molar-refractivity contribution in [1.29, 1.82) is 0 Å². The molecule has 0 bridgehead atoms. The largest absolute Gasteiger partial charge is 0.179 e. The van der Waals surface area contributed by atoms with Crippen molar-refractivity contribution in [2.75, 3.05) is 0 Å². The van der Waals surface area contributed by atoms with Crippen molar-refractivity contribution in [3.63, 3.8) is 0 Å². The summed E-state index contributed by atoms with van der Waals surface area (Å²) < 4.78 is 2.21. The molecular formula is C32H22Br2Si. The molecule has 0 saturated carbocycles. The van der Waals surface area contributed by atoms with E-state index >= 15 is 0 Å². The highest BCUT2D eigenvalue weighted by Crippen LogP contribution is 2.23.